The van der Waals surface area contributed by atoms with Gasteiger partial charge in [-0.1, -0.05) is 0 Å². The first-order chi connectivity index (χ1) is 15.2. The standard InChI is InChI=1S/C20H21F3IN3O5/c1-3-32-27(11(2)29)10-12-8-14(20(30)26-31-7-6-28)19(18(23)17(12)22)25-16-5-4-13(24)9-15(16)21/h4-5,8-9,25,28H,3,6-7,10H2,1-2H3,(H,26,30). The van der Waals surface area contributed by atoms with Crippen molar-refractivity contribution in [3.05, 3.63) is 56.4 Å². The SMILES string of the molecule is CCON(Cc1cc(C(=O)NOCCO)c(Nc2ccc(I)cc2F)c(F)c1F)C(C)=O. The number of benzene rings is 2. The Morgan fingerprint density at radius 3 is 2.50 bits per heavy atom. The fourth-order valence-electron chi connectivity index (χ4n) is 2.60. The Morgan fingerprint density at radius 1 is 1.19 bits per heavy atom. The van der Waals surface area contributed by atoms with E-state index in [1.165, 1.54) is 25.1 Å². The van der Waals surface area contributed by atoms with Crippen molar-refractivity contribution in [1.82, 2.24) is 10.5 Å². The summed E-state index contributed by atoms with van der Waals surface area (Å²) in [6.45, 7) is 1.74. The minimum atomic E-state index is -1.47. The van der Waals surface area contributed by atoms with Gasteiger partial charge in [0.25, 0.3) is 5.91 Å². The molecule has 0 atom stereocenters. The van der Waals surface area contributed by atoms with E-state index in [0.29, 0.717) is 3.57 Å². The number of carbonyl (C=O) groups excluding carboxylic acids is 2. The largest absolute Gasteiger partial charge is 0.394 e. The van der Waals surface area contributed by atoms with E-state index in [4.69, 9.17) is 14.8 Å². The molecule has 0 saturated carbocycles. The molecule has 32 heavy (non-hydrogen) atoms. The molecule has 0 spiro atoms. The smallest absolute Gasteiger partial charge is 0.277 e. The summed E-state index contributed by atoms with van der Waals surface area (Å²) in [6.07, 6.45) is 0. The Bertz CT molecular complexity index is 993. The maximum absolute atomic E-state index is 15.0. The van der Waals surface area contributed by atoms with E-state index < -0.39 is 53.7 Å². The average Bonchev–Trinajstić information content (AvgIpc) is 2.74. The van der Waals surface area contributed by atoms with Crippen molar-refractivity contribution in [3.8, 4) is 0 Å². The van der Waals surface area contributed by atoms with Crippen LogP contribution in [0.1, 0.15) is 29.8 Å². The van der Waals surface area contributed by atoms with Crippen molar-refractivity contribution in [2.75, 3.05) is 25.1 Å². The summed E-state index contributed by atoms with van der Waals surface area (Å²) in [5.41, 5.74) is 0.384. The quantitative estimate of drug-likeness (QED) is 0.231. The molecule has 0 bridgehead atoms. The lowest BCUT2D eigenvalue weighted by Gasteiger charge is -2.21. The third-order valence-electron chi connectivity index (χ3n) is 4.03. The number of nitrogens with zero attached hydrogens (tertiary/aromatic N) is 1. The Labute approximate surface area is 195 Å². The number of hydroxylamine groups is 3. The summed E-state index contributed by atoms with van der Waals surface area (Å²) in [4.78, 5) is 34.1. The highest BCUT2D eigenvalue weighted by molar-refractivity contribution is 14.1. The van der Waals surface area contributed by atoms with Gasteiger partial charge in [-0.2, -0.15) is 0 Å². The van der Waals surface area contributed by atoms with Crippen LogP contribution in [0.15, 0.2) is 24.3 Å². The molecule has 2 aromatic rings. The van der Waals surface area contributed by atoms with Gasteiger partial charge in [0.15, 0.2) is 11.6 Å². The third kappa shape index (κ3) is 6.54. The molecule has 12 heteroatoms. The van der Waals surface area contributed by atoms with Crippen LogP contribution in [0.4, 0.5) is 24.5 Å². The molecular formula is C20H21F3IN3O5. The number of nitrogens with one attached hydrogen (secondary N) is 2. The van der Waals surface area contributed by atoms with Gasteiger partial charge in [-0.15, -0.1) is 0 Å². The predicted molar refractivity (Wildman–Crippen MR) is 117 cm³/mol. The van der Waals surface area contributed by atoms with Crippen molar-refractivity contribution < 1.29 is 37.5 Å². The maximum atomic E-state index is 15.0. The molecule has 2 rings (SSSR count). The lowest BCUT2D eigenvalue weighted by molar-refractivity contribution is -0.186. The second-order valence-electron chi connectivity index (χ2n) is 6.31. The van der Waals surface area contributed by atoms with E-state index in [0.717, 1.165) is 11.1 Å². The number of anilines is 2. The van der Waals surface area contributed by atoms with Crippen LogP contribution in [-0.2, 0) is 21.0 Å². The highest BCUT2D eigenvalue weighted by Gasteiger charge is 2.25. The van der Waals surface area contributed by atoms with Crippen molar-refractivity contribution in [3.63, 3.8) is 0 Å². The van der Waals surface area contributed by atoms with E-state index in [2.05, 4.69) is 5.32 Å². The van der Waals surface area contributed by atoms with Gasteiger partial charge < -0.3 is 10.4 Å². The summed E-state index contributed by atoms with van der Waals surface area (Å²) in [7, 11) is 0. The monoisotopic (exact) mass is 567 g/mol. The summed E-state index contributed by atoms with van der Waals surface area (Å²) in [6, 6.07) is 5.00. The topological polar surface area (TPSA) is 100 Å². The first-order valence-electron chi connectivity index (χ1n) is 9.36. The predicted octanol–water partition coefficient (Wildman–Crippen LogP) is 3.41. The number of hydrogen-bond donors (Lipinski definition) is 3. The third-order valence-corrected chi connectivity index (χ3v) is 4.70. The molecule has 2 amide bonds. The van der Waals surface area contributed by atoms with Gasteiger partial charge in [0.1, 0.15) is 5.82 Å². The molecule has 0 aromatic heterocycles. The zero-order valence-electron chi connectivity index (χ0n) is 17.2. The molecule has 0 radical (unpaired) electrons. The molecule has 8 nitrogen and oxygen atoms in total. The van der Waals surface area contributed by atoms with Crippen molar-refractivity contribution in [2.24, 2.45) is 0 Å². The number of carbonyl (C=O) groups is 2. The van der Waals surface area contributed by atoms with Crippen LogP contribution in [0, 0.1) is 21.0 Å². The fraction of sp³-hybridized carbons (Fsp3) is 0.300. The second-order valence-corrected chi connectivity index (χ2v) is 7.56. The number of rotatable bonds is 10. The second kappa shape index (κ2) is 12.0. The molecular weight excluding hydrogens is 546 g/mol. The Morgan fingerprint density at radius 2 is 1.91 bits per heavy atom. The summed E-state index contributed by atoms with van der Waals surface area (Å²) in [5, 5.41) is 12.0. The van der Waals surface area contributed by atoms with Crippen LogP contribution in [0.5, 0.6) is 0 Å². The van der Waals surface area contributed by atoms with Crippen molar-refractivity contribution in [1.29, 1.82) is 0 Å². The molecule has 3 N–H and O–H groups in total. The Hall–Kier alpha value is -2.42. The summed E-state index contributed by atoms with van der Waals surface area (Å²) >= 11 is 1.88. The molecule has 2 aromatic carbocycles. The minimum Gasteiger partial charge on any atom is -0.394 e. The molecule has 0 aliphatic heterocycles. The molecule has 0 unspecified atom stereocenters. The fourth-order valence-corrected chi connectivity index (χ4v) is 3.05. The zero-order valence-corrected chi connectivity index (χ0v) is 19.3. The van der Waals surface area contributed by atoms with Gasteiger partial charge >= 0.3 is 0 Å². The highest BCUT2D eigenvalue weighted by Crippen LogP contribution is 2.31. The lowest BCUT2D eigenvalue weighted by atomic mass is 10.1. The van der Waals surface area contributed by atoms with Crippen LogP contribution in [0.3, 0.4) is 0 Å². The van der Waals surface area contributed by atoms with E-state index in [9.17, 15) is 18.4 Å². The summed E-state index contributed by atoms with van der Waals surface area (Å²) in [5.74, 6) is -5.11. The highest BCUT2D eigenvalue weighted by atomic mass is 127. The summed E-state index contributed by atoms with van der Waals surface area (Å²) < 4.78 is 44.7. The first-order valence-corrected chi connectivity index (χ1v) is 10.4. The van der Waals surface area contributed by atoms with E-state index in [1.54, 1.807) is 6.92 Å². The van der Waals surface area contributed by atoms with E-state index in [-0.39, 0.29) is 24.5 Å². The van der Waals surface area contributed by atoms with E-state index >= 15 is 4.39 Å². The van der Waals surface area contributed by atoms with Crippen molar-refractivity contribution in [2.45, 2.75) is 20.4 Å². The normalized spacial score (nSPS) is 10.7. The molecule has 174 valence electrons. The van der Waals surface area contributed by atoms with Gasteiger partial charge in [0.05, 0.1) is 43.3 Å². The number of hydrogen-bond acceptors (Lipinski definition) is 6. The number of aliphatic hydroxyl groups is 1. The number of halogens is 4. The molecule has 0 heterocycles. The maximum Gasteiger partial charge on any atom is 0.277 e. The van der Waals surface area contributed by atoms with Crippen LogP contribution in [0.25, 0.3) is 0 Å². The van der Waals surface area contributed by atoms with Crippen LogP contribution >= 0.6 is 22.6 Å². The van der Waals surface area contributed by atoms with Crippen LogP contribution in [-0.4, -0.2) is 41.8 Å². The molecule has 0 saturated heterocycles. The van der Waals surface area contributed by atoms with Crippen LogP contribution in [0.2, 0.25) is 0 Å². The van der Waals surface area contributed by atoms with Gasteiger partial charge in [0.2, 0.25) is 5.91 Å². The number of aliphatic hydroxyl groups excluding tert-OH is 1. The van der Waals surface area contributed by atoms with Gasteiger partial charge in [-0.25, -0.2) is 23.7 Å². The Balaban J connectivity index is 2.53. The first kappa shape index (κ1) is 25.8. The minimum absolute atomic E-state index is 0.0950. The van der Waals surface area contributed by atoms with Gasteiger partial charge in [-0.05, 0) is 53.8 Å². The average molecular weight is 567 g/mol. The zero-order chi connectivity index (χ0) is 23.8. The van der Waals surface area contributed by atoms with Crippen molar-refractivity contribution >= 4 is 45.8 Å². The van der Waals surface area contributed by atoms with Gasteiger partial charge in [0, 0.05) is 16.1 Å². The number of amides is 2. The molecule has 0 aliphatic carbocycles. The van der Waals surface area contributed by atoms with Crippen LogP contribution < -0.4 is 10.8 Å². The van der Waals surface area contributed by atoms with E-state index in [1.807, 2.05) is 28.1 Å². The van der Waals surface area contributed by atoms with Gasteiger partial charge in [-0.3, -0.25) is 19.3 Å². The molecule has 0 fully saturated rings. The molecule has 0 aliphatic rings. The lowest BCUT2D eigenvalue weighted by Crippen LogP contribution is -2.30. The Kier molecular flexibility index (Phi) is 9.68.